The number of halogens is 3. The second-order valence-electron chi connectivity index (χ2n) is 4.66. The Kier molecular flexibility index (Phi) is 8.57. The summed E-state index contributed by atoms with van der Waals surface area (Å²) in [4.78, 5) is 0. The van der Waals surface area contributed by atoms with Crippen molar-refractivity contribution in [3.8, 4) is 5.75 Å². The molecule has 0 bridgehead atoms. The van der Waals surface area contributed by atoms with E-state index in [4.69, 9.17) is 21.1 Å². The molecule has 1 unspecified atom stereocenters. The maximum absolute atomic E-state index is 12.0. The van der Waals surface area contributed by atoms with Crippen molar-refractivity contribution in [1.29, 1.82) is 0 Å². The second-order valence-corrected chi connectivity index (χ2v) is 5.06. The fourth-order valence-corrected chi connectivity index (χ4v) is 2.24. The van der Waals surface area contributed by atoms with Crippen LogP contribution in [0, 0.1) is 0 Å². The number of hydrogen-bond acceptors (Lipinski definition) is 3. The molecule has 0 aliphatic carbocycles. The van der Waals surface area contributed by atoms with Crippen molar-refractivity contribution >= 4 is 11.6 Å². The Bertz CT molecular complexity index is 419. The van der Waals surface area contributed by atoms with E-state index in [9.17, 15) is 8.78 Å². The van der Waals surface area contributed by atoms with Crippen LogP contribution in [0.25, 0.3) is 0 Å². The lowest BCUT2D eigenvalue weighted by molar-refractivity contribution is 0.0143. The summed E-state index contributed by atoms with van der Waals surface area (Å²) in [5, 5.41) is 3.91. The Morgan fingerprint density at radius 3 is 2.67 bits per heavy atom. The van der Waals surface area contributed by atoms with E-state index in [1.54, 1.807) is 13.2 Å². The zero-order chi connectivity index (χ0) is 15.7. The summed E-state index contributed by atoms with van der Waals surface area (Å²) in [7, 11) is 1.56. The van der Waals surface area contributed by atoms with E-state index in [0.29, 0.717) is 17.2 Å². The van der Waals surface area contributed by atoms with Gasteiger partial charge in [0.05, 0.1) is 12.1 Å². The molecule has 1 N–H and O–H groups in total. The van der Waals surface area contributed by atoms with Gasteiger partial charge in [0.1, 0.15) is 12.4 Å². The quantitative estimate of drug-likeness (QED) is 0.659. The van der Waals surface area contributed by atoms with E-state index in [1.165, 1.54) is 0 Å². The molecule has 0 radical (unpaired) electrons. The van der Waals surface area contributed by atoms with Crippen molar-refractivity contribution in [2.75, 3.05) is 26.9 Å². The average Bonchev–Trinajstić information content (AvgIpc) is 2.46. The standard InChI is InChI=1S/C15H22ClF2NO2/c1-3-7-19-13(6-8-21-10-15(17)18)11-4-5-14(20-2)12(16)9-11/h4-5,9,13,15,19H,3,6-8,10H2,1-2H3. The number of hydrogen-bond donors (Lipinski definition) is 1. The summed E-state index contributed by atoms with van der Waals surface area (Å²) in [5.74, 6) is 0.614. The van der Waals surface area contributed by atoms with Crippen molar-refractivity contribution in [2.45, 2.75) is 32.2 Å². The van der Waals surface area contributed by atoms with Gasteiger partial charge in [-0.15, -0.1) is 0 Å². The first kappa shape index (κ1) is 18.1. The molecule has 1 aromatic carbocycles. The zero-order valence-corrected chi connectivity index (χ0v) is 13.1. The highest BCUT2D eigenvalue weighted by atomic mass is 35.5. The minimum Gasteiger partial charge on any atom is -0.495 e. The Hall–Kier alpha value is -0.910. The predicted molar refractivity (Wildman–Crippen MR) is 80.5 cm³/mol. The van der Waals surface area contributed by atoms with Crippen LogP contribution < -0.4 is 10.1 Å². The van der Waals surface area contributed by atoms with E-state index >= 15 is 0 Å². The van der Waals surface area contributed by atoms with Crippen LogP contribution in [0.4, 0.5) is 8.78 Å². The zero-order valence-electron chi connectivity index (χ0n) is 12.4. The molecule has 0 aromatic heterocycles. The second kappa shape index (κ2) is 9.92. The summed E-state index contributed by atoms with van der Waals surface area (Å²) in [6.45, 7) is 2.65. The summed E-state index contributed by atoms with van der Waals surface area (Å²) in [6, 6.07) is 5.58. The first-order valence-electron chi connectivity index (χ1n) is 7.01. The first-order chi connectivity index (χ1) is 10.1. The maximum Gasteiger partial charge on any atom is 0.261 e. The van der Waals surface area contributed by atoms with Crippen molar-refractivity contribution in [3.63, 3.8) is 0 Å². The summed E-state index contributed by atoms with van der Waals surface area (Å²) in [5.41, 5.74) is 0.995. The molecule has 0 amide bonds. The molecule has 6 heteroatoms. The smallest absolute Gasteiger partial charge is 0.261 e. The Morgan fingerprint density at radius 1 is 1.33 bits per heavy atom. The molecule has 1 atom stereocenters. The molecular weight excluding hydrogens is 300 g/mol. The minimum absolute atomic E-state index is 0.0195. The number of ether oxygens (including phenoxy) is 2. The third kappa shape index (κ3) is 6.59. The van der Waals surface area contributed by atoms with Crippen LogP contribution in [-0.2, 0) is 4.74 Å². The Morgan fingerprint density at radius 2 is 2.10 bits per heavy atom. The first-order valence-corrected chi connectivity index (χ1v) is 7.39. The monoisotopic (exact) mass is 321 g/mol. The van der Waals surface area contributed by atoms with E-state index < -0.39 is 13.0 Å². The maximum atomic E-state index is 12.0. The lowest BCUT2D eigenvalue weighted by atomic mass is 10.0. The van der Waals surface area contributed by atoms with Crippen LogP contribution in [0.2, 0.25) is 5.02 Å². The lowest BCUT2D eigenvalue weighted by Gasteiger charge is -2.20. The molecule has 0 saturated heterocycles. The fraction of sp³-hybridized carbons (Fsp3) is 0.600. The third-order valence-electron chi connectivity index (χ3n) is 3.01. The molecule has 0 aliphatic rings. The van der Waals surface area contributed by atoms with Crippen LogP contribution in [0.3, 0.4) is 0 Å². The predicted octanol–water partition coefficient (Wildman–Crippen LogP) is 4.06. The highest BCUT2D eigenvalue weighted by molar-refractivity contribution is 6.32. The van der Waals surface area contributed by atoms with Crippen LogP contribution >= 0.6 is 11.6 Å². The highest BCUT2D eigenvalue weighted by Crippen LogP contribution is 2.28. The molecule has 0 saturated carbocycles. The van der Waals surface area contributed by atoms with Gasteiger partial charge in [0.2, 0.25) is 0 Å². The lowest BCUT2D eigenvalue weighted by Crippen LogP contribution is -2.24. The summed E-state index contributed by atoms with van der Waals surface area (Å²) < 4.78 is 34.2. The number of nitrogens with one attached hydrogen (secondary N) is 1. The van der Waals surface area contributed by atoms with Gasteiger partial charge >= 0.3 is 0 Å². The van der Waals surface area contributed by atoms with E-state index in [0.717, 1.165) is 18.5 Å². The molecule has 0 aliphatic heterocycles. The van der Waals surface area contributed by atoms with E-state index in [2.05, 4.69) is 12.2 Å². The highest BCUT2D eigenvalue weighted by Gasteiger charge is 2.13. The van der Waals surface area contributed by atoms with Gasteiger partial charge in [0, 0.05) is 12.6 Å². The van der Waals surface area contributed by atoms with Gasteiger partial charge < -0.3 is 14.8 Å². The molecular formula is C15H22ClF2NO2. The van der Waals surface area contributed by atoms with Crippen molar-refractivity contribution in [1.82, 2.24) is 5.32 Å². The number of rotatable bonds is 10. The topological polar surface area (TPSA) is 30.5 Å². The van der Waals surface area contributed by atoms with Crippen LogP contribution in [0.15, 0.2) is 18.2 Å². The van der Waals surface area contributed by atoms with Gasteiger partial charge in [-0.25, -0.2) is 8.78 Å². The third-order valence-corrected chi connectivity index (χ3v) is 3.31. The van der Waals surface area contributed by atoms with Crippen molar-refractivity contribution in [2.24, 2.45) is 0 Å². The average molecular weight is 322 g/mol. The molecule has 1 aromatic rings. The van der Waals surface area contributed by atoms with Crippen LogP contribution in [0.5, 0.6) is 5.75 Å². The van der Waals surface area contributed by atoms with E-state index in [-0.39, 0.29) is 12.6 Å². The molecule has 120 valence electrons. The summed E-state index contributed by atoms with van der Waals surface area (Å²) in [6.07, 6.45) is -0.837. The molecule has 21 heavy (non-hydrogen) atoms. The Labute approximate surface area is 129 Å². The van der Waals surface area contributed by atoms with Crippen LogP contribution in [-0.4, -0.2) is 33.3 Å². The number of methoxy groups -OCH3 is 1. The van der Waals surface area contributed by atoms with E-state index in [1.807, 2.05) is 12.1 Å². The SMILES string of the molecule is CCCNC(CCOCC(F)F)c1ccc(OC)c(Cl)c1. The fourth-order valence-electron chi connectivity index (χ4n) is 1.98. The van der Waals surface area contributed by atoms with Gasteiger partial charge in [0.15, 0.2) is 0 Å². The van der Waals surface area contributed by atoms with Crippen molar-refractivity contribution in [3.05, 3.63) is 28.8 Å². The largest absolute Gasteiger partial charge is 0.495 e. The van der Waals surface area contributed by atoms with Gasteiger partial charge in [0.25, 0.3) is 6.43 Å². The van der Waals surface area contributed by atoms with Crippen LogP contribution in [0.1, 0.15) is 31.4 Å². The molecule has 1 rings (SSSR count). The normalized spacial score (nSPS) is 12.7. The molecule has 0 heterocycles. The number of alkyl halides is 2. The molecule has 0 fully saturated rings. The minimum atomic E-state index is -2.43. The van der Waals surface area contributed by atoms with Gasteiger partial charge in [-0.05, 0) is 37.1 Å². The summed E-state index contributed by atoms with van der Waals surface area (Å²) >= 11 is 6.13. The molecule has 3 nitrogen and oxygen atoms in total. The van der Waals surface area contributed by atoms with Gasteiger partial charge in [-0.2, -0.15) is 0 Å². The molecule has 0 spiro atoms. The Balaban J connectivity index is 2.65. The van der Waals surface area contributed by atoms with Gasteiger partial charge in [-0.1, -0.05) is 24.6 Å². The number of benzene rings is 1. The van der Waals surface area contributed by atoms with Crippen molar-refractivity contribution < 1.29 is 18.3 Å². The van der Waals surface area contributed by atoms with Gasteiger partial charge in [-0.3, -0.25) is 0 Å².